The Bertz CT molecular complexity index is 363. The van der Waals surface area contributed by atoms with Crippen LogP contribution in [0.15, 0.2) is 30.3 Å². The Hall–Kier alpha value is -1.35. The smallest absolute Gasteiger partial charge is 0.308 e. The van der Waals surface area contributed by atoms with Gasteiger partial charge in [0, 0.05) is 6.04 Å². The Balaban J connectivity index is 2.00. The molecule has 2 rings (SSSR count). The van der Waals surface area contributed by atoms with E-state index in [2.05, 4.69) is 12.1 Å². The third-order valence-corrected chi connectivity index (χ3v) is 3.52. The molecule has 3 N–H and O–H groups in total. The Kier molecular flexibility index (Phi) is 3.25. The van der Waals surface area contributed by atoms with Crippen LogP contribution in [0.4, 0.5) is 0 Å². The van der Waals surface area contributed by atoms with Crippen LogP contribution in [-0.4, -0.2) is 17.1 Å². The molecular formula is C13H17NO2. The van der Waals surface area contributed by atoms with E-state index >= 15 is 0 Å². The Labute approximate surface area is 95.3 Å². The third-order valence-electron chi connectivity index (χ3n) is 3.52. The molecule has 1 fully saturated rings. The summed E-state index contributed by atoms with van der Waals surface area (Å²) in [6.07, 6.45) is 2.53. The summed E-state index contributed by atoms with van der Waals surface area (Å²) in [6.45, 7) is 0. The fourth-order valence-electron chi connectivity index (χ4n) is 2.55. The molecule has 1 aromatic carbocycles. The van der Waals surface area contributed by atoms with Gasteiger partial charge in [-0.3, -0.25) is 4.79 Å². The summed E-state index contributed by atoms with van der Waals surface area (Å²) in [7, 11) is 0. The van der Waals surface area contributed by atoms with Crippen LogP contribution in [0.2, 0.25) is 0 Å². The Morgan fingerprint density at radius 2 is 2.00 bits per heavy atom. The Morgan fingerprint density at radius 1 is 1.31 bits per heavy atom. The minimum Gasteiger partial charge on any atom is -0.481 e. The van der Waals surface area contributed by atoms with Crippen LogP contribution in [0.1, 0.15) is 18.4 Å². The summed E-state index contributed by atoms with van der Waals surface area (Å²) >= 11 is 0. The highest BCUT2D eigenvalue weighted by atomic mass is 16.4. The molecule has 3 heteroatoms. The summed E-state index contributed by atoms with van der Waals surface area (Å²) in [5.41, 5.74) is 7.24. The number of nitrogens with two attached hydrogens (primary N) is 1. The molecule has 1 aliphatic rings. The van der Waals surface area contributed by atoms with Gasteiger partial charge in [-0.15, -0.1) is 0 Å². The lowest BCUT2D eigenvalue weighted by Gasteiger charge is -2.18. The largest absolute Gasteiger partial charge is 0.481 e. The second kappa shape index (κ2) is 4.66. The van der Waals surface area contributed by atoms with E-state index in [1.807, 2.05) is 18.2 Å². The highest BCUT2D eigenvalue weighted by molar-refractivity contribution is 5.71. The molecule has 1 aromatic rings. The summed E-state index contributed by atoms with van der Waals surface area (Å²) in [6, 6.07) is 9.94. The van der Waals surface area contributed by atoms with Crippen LogP contribution in [-0.2, 0) is 11.2 Å². The lowest BCUT2D eigenvalue weighted by molar-refractivity contribution is -0.142. The van der Waals surface area contributed by atoms with Crippen molar-refractivity contribution in [1.29, 1.82) is 0 Å². The average molecular weight is 219 g/mol. The minimum atomic E-state index is -0.747. The summed E-state index contributed by atoms with van der Waals surface area (Å²) in [5.74, 6) is -0.791. The Morgan fingerprint density at radius 3 is 2.56 bits per heavy atom. The molecular weight excluding hydrogens is 202 g/mol. The van der Waals surface area contributed by atoms with E-state index in [9.17, 15) is 4.79 Å². The fraction of sp³-hybridized carbons (Fsp3) is 0.462. The van der Waals surface area contributed by atoms with E-state index in [0.717, 1.165) is 12.8 Å². The molecule has 0 aromatic heterocycles. The number of carboxylic acids is 1. The molecule has 0 saturated heterocycles. The van der Waals surface area contributed by atoms with Crippen molar-refractivity contribution >= 4 is 5.97 Å². The van der Waals surface area contributed by atoms with E-state index < -0.39 is 5.97 Å². The van der Waals surface area contributed by atoms with E-state index in [4.69, 9.17) is 10.8 Å². The van der Waals surface area contributed by atoms with Gasteiger partial charge in [-0.25, -0.2) is 0 Å². The van der Waals surface area contributed by atoms with Gasteiger partial charge < -0.3 is 10.8 Å². The zero-order valence-corrected chi connectivity index (χ0v) is 9.17. The van der Waals surface area contributed by atoms with E-state index in [1.54, 1.807) is 0 Å². The van der Waals surface area contributed by atoms with Gasteiger partial charge in [0.1, 0.15) is 0 Å². The predicted molar refractivity (Wildman–Crippen MR) is 62.0 cm³/mol. The maximum Gasteiger partial charge on any atom is 0.308 e. The number of benzene rings is 1. The number of carboxylic acid groups (broad SMARTS) is 1. The van der Waals surface area contributed by atoms with Crippen LogP contribution >= 0.6 is 0 Å². The quantitative estimate of drug-likeness (QED) is 0.812. The molecule has 3 nitrogen and oxygen atoms in total. The molecule has 16 heavy (non-hydrogen) atoms. The van der Waals surface area contributed by atoms with E-state index in [1.165, 1.54) is 5.56 Å². The number of hydrogen-bond donors (Lipinski definition) is 2. The summed E-state index contributed by atoms with van der Waals surface area (Å²) < 4.78 is 0. The van der Waals surface area contributed by atoms with Crippen molar-refractivity contribution in [2.75, 3.05) is 0 Å². The molecule has 0 heterocycles. The monoisotopic (exact) mass is 219 g/mol. The van der Waals surface area contributed by atoms with Gasteiger partial charge in [0.25, 0.3) is 0 Å². The van der Waals surface area contributed by atoms with Crippen molar-refractivity contribution in [2.24, 2.45) is 17.6 Å². The predicted octanol–water partition coefficient (Wildman–Crippen LogP) is 1.67. The first-order valence-electron chi connectivity index (χ1n) is 5.71. The molecule has 86 valence electrons. The van der Waals surface area contributed by atoms with E-state index in [-0.39, 0.29) is 12.0 Å². The molecule has 0 unspecified atom stereocenters. The normalized spacial score (nSPS) is 29.2. The van der Waals surface area contributed by atoms with Gasteiger partial charge in [0.2, 0.25) is 0 Å². The van der Waals surface area contributed by atoms with Crippen LogP contribution < -0.4 is 5.73 Å². The average Bonchev–Trinajstić information content (AvgIpc) is 2.62. The number of hydrogen-bond acceptors (Lipinski definition) is 2. The van der Waals surface area contributed by atoms with Gasteiger partial charge in [-0.2, -0.15) is 0 Å². The number of aliphatic carboxylic acids is 1. The van der Waals surface area contributed by atoms with Gasteiger partial charge in [0.05, 0.1) is 5.92 Å². The standard InChI is InChI=1S/C13H17NO2/c14-12-10(6-7-11(12)13(15)16)8-9-4-2-1-3-5-9/h1-5,10-12H,6-8,14H2,(H,15,16)/t10-,11-,12-/m0/s1. The molecule has 3 atom stereocenters. The first-order chi connectivity index (χ1) is 7.68. The zero-order chi connectivity index (χ0) is 11.5. The van der Waals surface area contributed by atoms with Crippen molar-refractivity contribution in [3.05, 3.63) is 35.9 Å². The molecule has 0 bridgehead atoms. The summed E-state index contributed by atoms with van der Waals surface area (Å²) in [4.78, 5) is 10.9. The maximum atomic E-state index is 10.9. The van der Waals surface area contributed by atoms with Crippen LogP contribution in [0.5, 0.6) is 0 Å². The van der Waals surface area contributed by atoms with Crippen molar-refractivity contribution < 1.29 is 9.90 Å². The van der Waals surface area contributed by atoms with Gasteiger partial charge in [-0.05, 0) is 30.7 Å². The van der Waals surface area contributed by atoms with Gasteiger partial charge >= 0.3 is 5.97 Å². The third kappa shape index (κ3) is 2.25. The van der Waals surface area contributed by atoms with Crippen LogP contribution in [0.25, 0.3) is 0 Å². The first kappa shape index (κ1) is 11.1. The van der Waals surface area contributed by atoms with Crippen molar-refractivity contribution in [1.82, 2.24) is 0 Å². The van der Waals surface area contributed by atoms with E-state index in [0.29, 0.717) is 12.3 Å². The van der Waals surface area contributed by atoms with Crippen LogP contribution in [0, 0.1) is 11.8 Å². The summed E-state index contributed by atoms with van der Waals surface area (Å²) in [5, 5.41) is 8.99. The van der Waals surface area contributed by atoms with Crippen molar-refractivity contribution in [3.8, 4) is 0 Å². The zero-order valence-electron chi connectivity index (χ0n) is 9.17. The molecule has 1 saturated carbocycles. The molecule has 0 aliphatic heterocycles. The number of carbonyl (C=O) groups is 1. The SMILES string of the molecule is N[C@H]1[C@H](Cc2ccccc2)CC[C@@H]1C(=O)O. The topological polar surface area (TPSA) is 63.3 Å². The van der Waals surface area contributed by atoms with Gasteiger partial charge in [-0.1, -0.05) is 30.3 Å². The lowest BCUT2D eigenvalue weighted by atomic mass is 9.92. The molecule has 0 spiro atoms. The minimum absolute atomic E-state index is 0.197. The molecule has 1 aliphatic carbocycles. The van der Waals surface area contributed by atoms with Crippen molar-refractivity contribution in [3.63, 3.8) is 0 Å². The second-order valence-corrected chi connectivity index (χ2v) is 4.55. The van der Waals surface area contributed by atoms with Gasteiger partial charge in [0.15, 0.2) is 0 Å². The maximum absolute atomic E-state index is 10.9. The molecule has 0 amide bonds. The van der Waals surface area contributed by atoms with Crippen LogP contribution in [0.3, 0.4) is 0 Å². The second-order valence-electron chi connectivity index (χ2n) is 4.55. The number of rotatable bonds is 3. The highest BCUT2D eigenvalue weighted by Gasteiger charge is 2.37. The fourth-order valence-corrected chi connectivity index (χ4v) is 2.55. The molecule has 0 radical (unpaired) electrons. The van der Waals surface area contributed by atoms with Crippen molar-refractivity contribution in [2.45, 2.75) is 25.3 Å². The highest BCUT2D eigenvalue weighted by Crippen LogP contribution is 2.32. The first-order valence-corrected chi connectivity index (χ1v) is 5.71. The lowest BCUT2D eigenvalue weighted by Crippen LogP contribution is -2.36.